The van der Waals surface area contributed by atoms with E-state index >= 15 is 0 Å². The SMILES string of the molecule is CC(=O)CC(=O)NCCCn1cccn1. The third-order valence-electron chi connectivity index (χ3n) is 1.85. The molecule has 5 heteroatoms. The second-order valence-corrected chi connectivity index (χ2v) is 3.35. The molecule has 0 aliphatic carbocycles. The van der Waals surface area contributed by atoms with E-state index in [-0.39, 0.29) is 18.1 Å². The zero-order valence-corrected chi connectivity index (χ0v) is 8.77. The average Bonchev–Trinajstić information content (AvgIpc) is 2.63. The molecule has 1 aromatic rings. The van der Waals surface area contributed by atoms with Gasteiger partial charge in [-0.15, -0.1) is 0 Å². The molecule has 0 atom stereocenters. The van der Waals surface area contributed by atoms with Crippen LogP contribution < -0.4 is 5.32 Å². The molecule has 0 unspecified atom stereocenters. The molecule has 0 aromatic carbocycles. The lowest BCUT2D eigenvalue weighted by atomic mass is 10.3. The van der Waals surface area contributed by atoms with Gasteiger partial charge in [0.05, 0.1) is 6.42 Å². The first-order valence-electron chi connectivity index (χ1n) is 4.92. The molecule has 0 saturated heterocycles. The highest BCUT2D eigenvalue weighted by Crippen LogP contribution is 1.88. The standard InChI is InChI=1S/C10H15N3O2/c1-9(14)8-10(15)11-4-2-6-13-7-3-5-12-13/h3,5,7H,2,4,6,8H2,1H3,(H,11,15). The first kappa shape index (κ1) is 11.4. The van der Waals surface area contributed by atoms with Crippen molar-refractivity contribution in [2.45, 2.75) is 26.3 Å². The van der Waals surface area contributed by atoms with Crippen molar-refractivity contribution < 1.29 is 9.59 Å². The van der Waals surface area contributed by atoms with Crippen LogP contribution in [0.5, 0.6) is 0 Å². The van der Waals surface area contributed by atoms with E-state index in [1.54, 1.807) is 10.9 Å². The van der Waals surface area contributed by atoms with Gasteiger partial charge in [0.1, 0.15) is 5.78 Å². The molecule has 0 saturated carbocycles. The largest absolute Gasteiger partial charge is 0.356 e. The summed E-state index contributed by atoms with van der Waals surface area (Å²) in [5, 5.41) is 6.71. The lowest BCUT2D eigenvalue weighted by Gasteiger charge is -2.03. The molecule has 1 rings (SSSR count). The van der Waals surface area contributed by atoms with Crippen molar-refractivity contribution >= 4 is 11.7 Å². The second kappa shape index (κ2) is 5.95. The molecular weight excluding hydrogens is 194 g/mol. The van der Waals surface area contributed by atoms with E-state index in [0.29, 0.717) is 6.54 Å². The number of rotatable bonds is 6. The van der Waals surface area contributed by atoms with E-state index in [0.717, 1.165) is 13.0 Å². The number of aryl methyl sites for hydroxylation is 1. The first-order chi connectivity index (χ1) is 7.18. The van der Waals surface area contributed by atoms with Gasteiger partial charge in [0.15, 0.2) is 0 Å². The number of hydrogen-bond acceptors (Lipinski definition) is 3. The summed E-state index contributed by atoms with van der Waals surface area (Å²) >= 11 is 0. The van der Waals surface area contributed by atoms with Crippen LogP contribution in [-0.2, 0) is 16.1 Å². The molecule has 0 aliphatic heterocycles. The average molecular weight is 209 g/mol. The summed E-state index contributed by atoms with van der Waals surface area (Å²) in [5.74, 6) is -0.317. The molecule has 0 fully saturated rings. The molecular formula is C10H15N3O2. The van der Waals surface area contributed by atoms with Crippen LogP contribution in [0.2, 0.25) is 0 Å². The number of aromatic nitrogens is 2. The van der Waals surface area contributed by atoms with Crippen LogP contribution >= 0.6 is 0 Å². The van der Waals surface area contributed by atoms with E-state index < -0.39 is 0 Å². The molecule has 0 radical (unpaired) electrons. The molecule has 15 heavy (non-hydrogen) atoms. The molecule has 0 aliphatic rings. The van der Waals surface area contributed by atoms with Crippen LogP contribution in [0.25, 0.3) is 0 Å². The Labute approximate surface area is 88.5 Å². The number of Topliss-reactive ketones (excluding diaryl/α,β-unsaturated/α-hetero) is 1. The highest BCUT2D eigenvalue weighted by Gasteiger charge is 2.03. The summed E-state index contributed by atoms with van der Waals surface area (Å²) < 4.78 is 1.80. The Bertz CT molecular complexity index is 319. The van der Waals surface area contributed by atoms with Gasteiger partial charge < -0.3 is 5.32 Å². The van der Waals surface area contributed by atoms with Crippen LogP contribution in [-0.4, -0.2) is 28.0 Å². The van der Waals surface area contributed by atoms with Gasteiger partial charge >= 0.3 is 0 Å². The quantitative estimate of drug-likeness (QED) is 0.543. The predicted molar refractivity (Wildman–Crippen MR) is 55.2 cm³/mol. The van der Waals surface area contributed by atoms with Gasteiger partial charge in [0.25, 0.3) is 0 Å². The van der Waals surface area contributed by atoms with Crippen molar-refractivity contribution in [2.75, 3.05) is 6.54 Å². The van der Waals surface area contributed by atoms with Crippen LogP contribution in [0.4, 0.5) is 0 Å². The van der Waals surface area contributed by atoms with Gasteiger partial charge in [-0.3, -0.25) is 14.3 Å². The van der Waals surface area contributed by atoms with Crippen LogP contribution in [0.3, 0.4) is 0 Å². The molecule has 1 heterocycles. The van der Waals surface area contributed by atoms with Crippen molar-refractivity contribution in [1.82, 2.24) is 15.1 Å². The molecule has 82 valence electrons. The predicted octanol–water partition coefficient (Wildman–Crippen LogP) is 0.368. The maximum absolute atomic E-state index is 11.1. The van der Waals surface area contributed by atoms with Crippen molar-refractivity contribution in [1.29, 1.82) is 0 Å². The Morgan fingerprint density at radius 2 is 2.27 bits per heavy atom. The fraction of sp³-hybridized carbons (Fsp3) is 0.500. The monoisotopic (exact) mass is 209 g/mol. The summed E-state index contributed by atoms with van der Waals surface area (Å²) in [5.41, 5.74) is 0. The van der Waals surface area contributed by atoms with E-state index in [2.05, 4.69) is 10.4 Å². The van der Waals surface area contributed by atoms with Gasteiger partial charge in [0, 0.05) is 25.5 Å². The lowest BCUT2D eigenvalue weighted by Crippen LogP contribution is -2.26. The van der Waals surface area contributed by atoms with Crippen molar-refractivity contribution in [3.05, 3.63) is 18.5 Å². The number of nitrogens with zero attached hydrogens (tertiary/aromatic N) is 2. The molecule has 1 amide bonds. The van der Waals surface area contributed by atoms with Gasteiger partial charge in [-0.2, -0.15) is 5.10 Å². The Balaban J connectivity index is 2.06. The van der Waals surface area contributed by atoms with E-state index in [1.165, 1.54) is 6.92 Å². The maximum Gasteiger partial charge on any atom is 0.227 e. The summed E-state index contributed by atoms with van der Waals surface area (Å²) in [7, 11) is 0. The van der Waals surface area contributed by atoms with Crippen LogP contribution in [0, 0.1) is 0 Å². The van der Waals surface area contributed by atoms with Gasteiger partial charge in [-0.05, 0) is 19.4 Å². The highest BCUT2D eigenvalue weighted by atomic mass is 16.2. The maximum atomic E-state index is 11.1. The van der Waals surface area contributed by atoms with Gasteiger partial charge in [-0.1, -0.05) is 0 Å². The molecule has 1 N–H and O–H groups in total. The third kappa shape index (κ3) is 4.95. The van der Waals surface area contributed by atoms with Crippen molar-refractivity contribution in [2.24, 2.45) is 0 Å². The molecule has 1 aromatic heterocycles. The summed E-state index contributed by atoms with van der Waals surface area (Å²) in [6, 6.07) is 1.86. The fourth-order valence-corrected chi connectivity index (χ4v) is 1.19. The fourth-order valence-electron chi connectivity index (χ4n) is 1.19. The Morgan fingerprint density at radius 1 is 1.47 bits per heavy atom. The van der Waals surface area contributed by atoms with E-state index in [1.807, 2.05) is 12.3 Å². The number of nitrogens with one attached hydrogen (secondary N) is 1. The third-order valence-corrected chi connectivity index (χ3v) is 1.85. The number of ketones is 1. The normalized spacial score (nSPS) is 9.93. The number of amides is 1. The smallest absolute Gasteiger partial charge is 0.227 e. The second-order valence-electron chi connectivity index (χ2n) is 3.35. The Kier molecular flexibility index (Phi) is 4.53. The van der Waals surface area contributed by atoms with Gasteiger partial charge in [0.2, 0.25) is 5.91 Å². The lowest BCUT2D eigenvalue weighted by molar-refractivity contribution is -0.127. The van der Waals surface area contributed by atoms with Crippen LogP contribution in [0.1, 0.15) is 19.8 Å². The topological polar surface area (TPSA) is 64.0 Å². The summed E-state index contributed by atoms with van der Waals surface area (Å²) in [6.07, 6.45) is 4.37. The van der Waals surface area contributed by atoms with E-state index in [9.17, 15) is 9.59 Å². The van der Waals surface area contributed by atoms with E-state index in [4.69, 9.17) is 0 Å². The summed E-state index contributed by atoms with van der Waals surface area (Å²) in [4.78, 5) is 21.7. The Hall–Kier alpha value is -1.65. The zero-order chi connectivity index (χ0) is 11.1. The highest BCUT2D eigenvalue weighted by molar-refractivity contribution is 5.96. The minimum absolute atomic E-state index is 0.0260. The molecule has 0 spiro atoms. The zero-order valence-electron chi connectivity index (χ0n) is 8.77. The molecule has 0 bridgehead atoms. The number of hydrogen-bond donors (Lipinski definition) is 1. The van der Waals surface area contributed by atoms with Crippen LogP contribution in [0.15, 0.2) is 18.5 Å². The van der Waals surface area contributed by atoms with Gasteiger partial charge in [-0.25, -0.2) is 0 Å². The molecule has 5 nitrogen and oxygen atoms in total. The summed E-state index contributed by atoms with van der Waals surface area (Å²) in [6.45, 7) is 2.75. The number of carbonyl (C=O) groups excluding carboxylic acids is 2. The minimum atomic E-state index is -0.206. The minimum Gasteiger partial charge on any atom is -0.356 e. The van der Waals surface area contributed by atoms with Crippen molar-refractivity contribution in [3.63, 3.8) is 0 Å². The number of carbonyl (C=O) groups is 2. The van der Waals surface area contributed by atoms with Crippen molar-refractivity contribution in [3.8, 4) is 0 Å². The Morgan fingerprint density at radius 3 is 2.87 bits per heavy atom. The first-order valence-corrected chi connectivity index (χ1v) is 4.92.